The molecule has 0 saturated heterocycles. The minimum atomic E-state index is 0.338. The van der Waals surface area contributed by atoms with Crippen LogP contribution in [-0.4, -0.2) is 7.11 Å². The van der Waals surface area contributed by atoms with Crippen molar-refractivity contribution in [2.75, 3.05) is 7.11 Å². The Morgan fingerprint density at radius 2 is 2.00 bits per heavy atom. The van der Waals surface area contributed by atoms with Crippen molar-refractivity contribution in [2.45, 2.75) is 6.92 Å². The SMILES string of the molecule is COc1cccc(O/C(Cl)=C\c2ccc(C)s2)c1. The zero-order valence-electron chi connectivity index (χ0n) is 10.1. The molecule has 0 aliphatic rings. The Balaban J connectivity index is 2.10. The van der Waals surface area contributed by atoms with E-state index in [1.165, 1.54) is 4.88 Å². The average Bonchev–Trinajstić information content (AvgIpc) is 2.74. The Hall–Kier alpha value is -1.45. The molecule has 2 rings (SSSR count). The van der Waals surface area contributed by atoms with Gasteiger partial charge < -0.3 is 9.47 Å². The van der Waals surface area contributed by atoms with E-state index in [-0.39, 0.29) is 0 Å². The maximum Gasteiger partial charge on any atom is 0.195 e. The van der Waals surface area contributed by atoms with Crippen molar-refractivity contribution >= 4 is 29.0 Å². The lowest BCUT2D eigenvalue weighted by molar-refractivity contribution is 0.407. The van der Waals surface area contributed by atoms with Gasteiger partial charge in [0.2, 0.25) is 0 Å². The molecule has 94 valence electrons. The molecule has 0 bridgehead atoms. The highest BCUT2D eigenvalue weighted by Crippen LogP contribution is 2.24. The second-order valence-electron chi connectivity index (χ2n) is 3.68. The van der Waals surface area contributed by atoms with E-state index >= 15 is 0 Å². The van der Waals surface area contributed by atoms with Crippen LogP contribution in [0.25, 0.3) is 6.08 Å². The number of rotatable bonds is 4. The van der Waals surface area contributed by atoms with Gasteiger partial charge in [0.05, 0.1) is 7.11 Å². The second kappa shape index (κ2) is 5.94. The molecule has 2 aromatic rings. The molecule has 0 saturated carbocycles. The van der Waals surface area contributed by atoms with Crippen molar-refractivity contribution in [3.63, 3.8) is 0 Å². The van der Waals surface area contributed by atoms with E-state index in [2.05, 4.69) is 6.92 Å². The Morgan fingerprint density at radius 1 is 1.22 bits per heavy atom. The summed E-state index contributed by atoms with van der Waals surface area (Å²) in [6, 6.07) is 11.4. The summed E-state index contributed by atoms with van der Waals surface area (Å²) in [4.78, 5) is 2.31. The Bertz CT molecular complexity index is 560. The van der Waals surface area contributed by atoms with Crippen molar-refractivity contribution in [1.29, 1.82) is 0 Å². The third kappa shape index (κ3) is 3.52. The van der Waals surface area contributed by atoms with Crippen molar-refractivity contribution in [2.24, 2.45) is 0 Å². The molecule has 0 fully saturated rings. The molecule has 0 aliphatic heterocycles. The molecule has 0 atom stereocenters. The summed E-state index contributed by atoms with van der Waals surface area (Å²) < 4.78 is 10.6. The van der Waals surface area contributed by atoms with Crippen LogP contribution < -0.4 is 9.47 Å². The maximum atomic E-state index is 6.06. The van der Waals surface area contributed by atoms with Gasteiger partial charge in [-0.2, -0.15) is 0 Å². The number of hydrogen-bond acceptors (Lipinski definition) is 3. The fourth-order valence-electron chi connectivity index (χ4n) is 1.45. The van der Waals surface area contributed by atoms with Crippen molar-refractivity contribution in [3.05, 3.63) is 51.4 Å². The first-order chi connectivity index (χ1) is 8.67. The second-order valence-corrected chi connectivity index (χ2v) is 5.37. The lowest BCUT2D eigenvalue weighted by Gasteiger charge is -2.05. The molecular formula is C14H13ClO2S. The number of methoxy groups -OCH3 is 1. The Labute approximate surface area is 115 Å². The quantitative estimate of drug-likeness (QED) is 0.757. The van der Waals surface area contributed by atoms with E-state index in [0.29, 0.717) is 11.0 Å². The summed E-state index contributed by atoms with van der Waals surface area (Å²) in [5, 5.41) is 0.338. The van der Waals surface area contributed by atoms with Crippen LogP contribution in [0.5, 0.6) is 11.5 Å². The predicted octanol–water partition coefficient (Wildman–Crippen LogP) is 4.68. The van der Waals surface area contributed by atoms with E-state index < -0.39 is 0 Å². The number of ether oxygens (including phenoxy) is 2. The Kier molecular flexibility index (Phi) is 4.28. The molecule has 1 aromatic carbocycles. The van der Waals surface area contributed by atoms with E-state index in [0.717, 1.165) is 10.6 Å². The van der Waals surface area contributed by atoms with Gasteiger partial charge in [0.1, 0.15) is 11.5 Å². The van der Waals surface area contributed by atoms with Crippen molar-refractivity contribution in [3.8, 4) is 11.5 Å². The smallest absolute Gasteiger partial charge is 0.195 e. The molecule has 1 heterocycles. The Morgan fingerprint density at radius 3 is 2.67 bits per heavy atom. The van der Waals surface area contributed by atoms with Crippen molar-refractivity contribution in [1.82, 2.24) is 0 Å². The number of thiophene rings is 1. The van der Waals surface area contributed by atoms with Gasteiger partial charge in [-0.05, 0) is 42.8 Å². The van der Waals surface area contributed by atoms with E-state index in [1.807, 2.05) is 30.3 Å². The highest BCUT2D eigenvalue weighted by molar-refractivity contribution is 7.12. The summed E-state index contributed by atoms with van der Waals surface area (Å²) in [5.74, 6) is 1.40. The molecule has 4 heteroatoms. The molecule has 2 nitrogen and oxygen atoms in total. The van der Waals surface area contributed by atoms with Gasteiger partial charge in [0, 0.05) is 21.9 Å². The van der Waals surface area contributed by atoms with Crippen LogP contribution in [0.4, 0.5) is 0 Å². The molecule has 0 unspecified atom stereocenters. The molecule has 0 N–H and O–H groups in total. The van der Waals surface area contributed by atoms with Crippen LogP contribution in [-0.2, 0) is 0 Å². The highest BCUT2D eigenvalue weighted by atomic mass is 35.5. The molecule has 18 heavy (non-hydrogen) atoms. The summed E-state index contributed by atoms with van der Waals surface area (Å²) in [5.41, 5.74) is 0. The average molecular weight is 281 g/mol. The van der Waals surface area contributed by atoms with E-state index in [4.69, 9.17) is 21.1 Å². The van der Waals surface area contributed by atoms with Crippen LogP contribution in [0.2, 0.25) is 0 Å². The number of benzene rings is 1. The minimum absolute atomic E-state index is 0.338. The topological polar surface area (TPSA) is 18.5 Å². The lowest BCUT2D eigenvalue weighted by Crippen LogP contribution is -1.89. The molecule has 1 aromatic heterocycles. The summed E-state index contributed by atoms with van der Waals surface area (Å²) >= 11 is 7.73. The third-order valence-electron chi connectivity index (χ3n) is 2.27. The van der Waals surface area contributed by atoms with Gasteiger partial charge in [0.25, 0.3) is 0 Å². The van der Waals surface area contributed by atoms with Crippen LogP contribution in [0.1, 0.15) is 9.75 Å². The van der Waals surface area contributed by atoms with Crippen molar-refractivity contribution < 1.29 is 9.47 Å². The van der Waals surface area contributed by atoms with E-state index in [1.54, 1.807) is 30.6 Å². The molecule has 0 amide bonds. The number of halogens is 1. The van der Waals surface area contributed by atoms with Gasteiger partial charge in [-0.1, -0.05) is 6.07 Å². The summed E-state index contributed by atoms with van der Waals surface area (Å²) in [6.07, 6.45) is 1.80. The largest absolute Gasteiger partial charge is 0.497 e. The first-order valence-electron chi connectivity index (χ1n) is 5.43. The van der Waals surface area contributed by atoms with Gasteiger partial charge in [-0.25, -0.2) is 0 Å². The van der Waals surface area contributed by atoms with Gasteiger partial charge in [-0.3, -0.25) is 0 Å². The highest BCUT2D eigenvalue weighted by Gasteiger charge is 2.01. The third-order valence-corrected chi connectivity index (χ3v) is 3.41. The van der Waals surface area contributed by atoms with Crippen LogP contribution in [0, 0.1) is 6.92 Å². The predicted molar refractivity (Wildman–Crippen MR) is 76.5 cm³/mol. The standard InChI is InChI=1S/C14H13ClO2S/c1-10-6-7-13(18-10)9-14(15)17-12-5-3-4-11(8-12)16-2/h3-9H,1-2H3/b14-9-. The fraction of sp³-hybridized carbons (Fsp3) is 0.143. The summed E-state index contributed by atoms with van der Waals surface area (Å²) in [7, 11) is 1.62. The first-order valence-corrected chi connectivity index (χ1v) is 6.62. The molecule has 0 radical (unpaired) electrons. The monoisotopic (exact) mass is 280 g/mol. The lowest BCUT2D eigenvalue weighted by atomic mass is 10.3. The van der Waals surface area contributed by atoms with Crippen LogP contribution in [0.15, 0.2) is 41.6 Å². The first kappa shape index (κ1) is 13.0. The number of aryl methyl sites for hydroxylation is 1. The molecule has 0 aliphatic carbocycles. The molecular weight excluding hydrogens is 268 g/mol. The molecule has 0 spiro atoms. The number of hydrogen-bond donors (Lipinski definition) is 0. The minimum Gasteiger partial charge on any atom is -0.497 e. The fourth-order valence-corrected chi connectivity index (χ4v) is 2.53. The van der Waals surface area contributed by atoms with Gasteiger partial charge >= 0.3 is 0 Å². The van der Waals surface area contributed by atoms with Gasteiger partial charge in [-0.15, -0.1) is 11.3 Å². The van der Waals surface area contributed by atoms with Crippen LogP contribution >= 0.6 is 22.9 Å². The van der Waals surface area contributed by atoms with E-state index in [9.17, 15) is 0 Å². The zero-order chi connectivity index (χ0) is 13.0. The summed E-state index contributed by atoms with van der Waals surface area (Å²) in [6.45, 7) is 2.05. The van der Waals surface area contributed by atoms with Crippen LogP contribution in [0.3, 0.4) is 0 Å². The maximum absolute atomic E-state index is 6.06. The zero-order valence-corrected chi connectivity index (χ0v) is 11.7. The van der Waals surface area contributed by atoms with Gasteiger partial charge in [0.15, 0.2) is 5.22 Å². The normalized spacial score (nSPS) is 11.4.